The summed E-state index contributed by atoms with van der Waals surface area (Å²) in [7, 11) is 0. The summed E-state index contributed by atoms with van der Waals surface area (Å²) in [6, 6.07) is 9.00. The van der Waals surface area contributed by atoms with Gasteiger partial charge in [-0.2, -0.15) is 0 Å². The molecule has 0 saturated carbocycles. The molecule has 0 saturated heterocycles. The summed E-state index contributed by atoms with van der Waals surface area (Å²) >= 11 is 0. The van der Waals surface area contributed by atoms with E-state index in [-0.39, 0.29) is 17.0 Å². The number of amides is 1. The molecule has 0 fully saturated rings. The molecule has 2 aromatic carbocycles. The largest absolute Gasteiger partial charge is 0.508 e. The molecule has 0 aliphatic heterocycles. The van der Waals surface area contributed by atoms with Gasteiger partial charge < -0.3 is 10.4 Å². The van der Waals surface area contributed by atoms with E-state index < -0.39 is 10.8 Å². The van der Waals surface area contributed by atoms with Gasteiger partial charge in [0.2, 0.25) is 0 Å². The summed E-state index contributed by atoms with van der Waals surface area (Å²) in [4.78, 5) is 22.6. The fourth-order valence-electron chi connectivity index (χ4n) is 1.88. The van der Waals surface area contributed by atoms with Crippen LogP contribution in [0, 0.1) is 24.0 Å². The number of nitrogens with zero attached hydrogens (tertiary/aromatic N) is 1. The minimum atomic E-state index is -0.596. The van der Waals surface area contributed by atoms with E-state index >= 15 is 0 Å². The fourth-order valence-corrected chi connectivity index (χ4v) is 1.88. The molecule has 2 N–H and O–H groups in total. The van der Waals surface area contributed by atoms with Crippen molar-refractivity contribution in [3.05, 3.63) is 63.2 Å². The van der Waals surface area contributed by atoms with Crippen molar-refractivity contribution in [3.8, 4) is 5.75 Å². The summed E-state index contributed by atoms with van der Waals surface area (Å²) in [5, 5.41) is 23.1. The van der Waals surface area contributed by atoms with Gasteiger partial charge in [-0.3, -0.25) is 14.9 Å². The lowest BCUT2D eigenvalue weighted by molar-refractivity contribution is -0.385. The number of benzene rings is 2. The number of nitro groups is 1. The van der Waals surface area contributed by atoms with E-state index in [4.69, 9.17) is 0 Å². The van der Waals surface area contributed by atoms with Crippen LogP contribution in [-0.2, 0) is 0 Å². The molecule has 2 rings (SSSR count). The highest BCUT2D eigenvalue weighted by atomic mass is 16.6. The number of phenolic OH excluding ortho intramolecular Hbond substituents is 1. The summed E-state index contributed by atoms with van der Waals surface area (Å²) in [6.07, 6.45) is 0. The van der Waals surface area contributed by atoms with E-state index in [1.807, 2.05) is 0 Å². The second-order valence-corrected chi connectivity index (χ2v) is 4.73. The first-order valence-corrected chi connectivity index (χ1v) is 6.24. The fraction of sp³-hybridized carbons (Fsp3) is 0.133. The maximum atomic E-state index is 12.2. The number of carbonyl (C=O) groups is 1. The quantitative estimate of drug-likeness (QED) is 0.669. The molecule has 2 aromatic rings. The van der Waals surface area contributed by atoms with Gasteiger partial charge in [0.15, 0.2) is 0 Å². The molecule has 0 aromatic heterocycles. The lowest BCUT2D eigenvalue weighted by Gasteiger charge is -2.08. The third-order valence-corrected chi connectivity index (χ3v) is 3.06. The lowest BCUT2D eigenvalue weighted by Crippen LogP contribution is -2.14. The topological polar surface area (TPSA) is 92.5 Å². The number of phenols is 1. The molecule has 0 atom stereocenters. The molecule has 0 aliphatic carbocycles. The van der Waals surface area contributed by atoms with Gasteiger partial charge in [-0.15, -0.1) is 0 Å². The van der Waals surface area contributed by atoms with Crippen molar-refractivity contribution < 1.29 is 14.8 Å². The van der Waals surface area contributed by atoms with Gasteiger partial charge in [-0.1, -0.05) is 12.1 Å². The van der Waals surface area contributed by atoms with Crippen LogP contribution in [0.2, 0.25) is 0 Å². The molecule has 0 heterocycles. The molecule has 0 radical (unpaired) electrons. The predicted molar refractivity (Wildman–Crippen MR) is 78.6 cm³/mol. The maximum absolute atomic E-state index is 12.2. The normalized spacial score (nSPS) is 10.2. The minimum Gasteiger partial charge on any atom is -0.508 e. The van der Waals surface area contributed by atoms with Gasteiger partial charge in [0, 0.05) is 17.8 Å². The van der Waals surface area contributed by atoms with E-state index in [0.717, 1.165) is 5.56 Å². The summed E-state index contributed by atoms with van der Waals surface area (Å²) < 4.78 is 0. The number of hydrogen-bond donors (Lipinski definition) is 2. The molecule has 0 unspecified atom stereocenters. The predicted octanol–water partition coefficient (Wildman–Crippen LogP) is 3.17. The maximum Gasteiger partial charge on any atom is 0.282 e. The zero-order valence-electron chi connectivity index (χ0n) is 11.6. The van der Waals surface area contributed by atoms with Gasteiger partial charge in [-0.25, -0.2) is 0 Å². The Morgan fingerprint density at radius 3 is 2.52 bits per heavy atom. The highest BCUT2D eigenvalue weighted by Crippen LogP contribution is 2.24. The van der Waals surface area contributed by atoms with Crippen LogP contribution in [0.5, 0.6) is 5.75 Å². The second kappa shape index (κ2) is 5.62. The van der Waals surface area contributed by atoms with Gasteiger partial charge in [0.25, 0.3) is 11.6 Å². The Bertz CT molecular complexity index is 726. The van der Waals surface area contributed by atoms with Crippen molar-refractivity contribution in [3.63, 3.8) is 0 Å². The second-order valence-electron chi connectivity index (χ2n) is 4.73. The van der Waals surface area contributed by atoms with Crippen LogP contribution in [-0.4, -0.2) is 15.9 Å². The van der Waals surface area contributed by atoms with Crippen LogP contribution in [0.3, 0.4) is 0 Å². The molecule has 6 heteroatoms. The Morgan fingerprint density at radius 2 is 1.90 bits per heavy atom. The molecule has 108 valence electrons. The van der Waals surface area contributed by atoms with E-state index in [2.05, 4.69) is 5.32 Å². The van der Waals surface area contributed by atoms with Crippen LogP contribution >= 0.6 is 0 Å². The number of anilines is 1. The monoisotopic (exact) mass is 286 g/mol. The number of nitro benzene ring substituents is 1. The van der Waals surface area contributed by atoms with E-state index in [9.17, 15) is 20.0 Å². The van der Waals surface area contributed by atoms with Crippen LogP contribution < -0.4 is 5.32 Å². The van der Waals surface area contributed by atoms with Gasteiger partial charge >= 0.3 is 0 Å². The van der Waals surface area contributed by atoms with Crippen molar-refractivity contribution in [2.45, 2.75) is 13.8 Å². The summed E-state index contributed by atoms with van der Waals surface area (Å²) in [6.45, 7) is 3.48. The lowest BCUT2D eigenvalue weighted by atomic mass is 10.1. The van der Waals surface area contributed by atoms with Crippen LogP contribution in [0.15, 0.2) is 36.4 Å². The van der Waals surface area contributed by atoms with Gasteiger partial charge in [0.05, 0.1) is 4.92 Å². The third-order valence-electron chi connectivity index (χ3n) is 3.06. The third kappa shape index (κ3) is 3.17. The molecular weight excluding hydrogens is 272 g/mol. The van der Waals surface area contributed by atoms with Crippen molar-refractivity contribution in [1.82, 2.24) is 0 Å². The molecule has 21 heavy (non-hydrogen) atoms. The Hall–Kier alpha value is -2.89. The zero-order chi connectivity index (χ0) is 15.6. The highest BCUT2D eigenvalue weighted by molar-refractivity contribution is 6.07. The molecular formula is C15H14N2O4. The van der Waals surface area contributed by atoms with Crippen molar-refractivity contribution in [2.24, 2.45) is 0 Å². The molecule has 0 aliphatic rings. The summed E-state index contributed by atoms with van der Waals surface area (Å²) in [5.74, 6) is -0.541. The Morgan fingerprint density at radius 1 is 1.19 bits per heavy atom. The molecule has 6 nitrogen and oxygen atoms in total. The van der Waals surface area contributed by atoms with E-state index in [0.29, 0.717) is 11.3 Å². The minimum absolute atomic E-state index is 0.0138. The Balaban J connectivity index is 2.34. The van der Waals surface area contributed by atoms with Crippen LogP contribution in [0.4, 0.5) is 11.4 Å². The number of aryl methyl sites for hydroxylation is 2. The molecule has 0 spiro atoms. The number of rotatable bonds is 3. The SMILES string of the molecule is Cc1ccc([N+](=O)[O-])c(C(=O)Nc2ccc(C)c(O)c2)c1. The van der Waals surface area contributed by atoms with Crippen molar-refractivity contribution in [2.75, 3.05) is 5.32 Å². The van der Waals surface area contributed by atoms with Gasteiger partial charge in [0.1, 0.15) is 11.3 Å². The standard InChI is InChI=1S/C15H14N2O4/c1-9-3-6-13(17(20)21)12(7-9)15(19)16-11-5-4-10(2)14(18)8-11/h3-8,18H,1-2H3,(H,16,19). The smallest absolute Gasteiger partial charge is 0.282 e. The first-order chi connectivity index (χ1) is 9.88. The molecule has 1 amide bonds. The van der Waals surface area contributed by atoms with Crippen molar-refractivity contribution >= 4 is 17.3 Å². The number of nitrogens with one attached hydrogen (secondary N) is 1. The van der Waals surface area contributed by atoms with Crippen LogP contribution in [0.25, 0.3) is 0 Å². The van der Waals surface area contributed by atoms with Gasteiger partial charge in [-0.05, 0) is 37.1 Å². The highest BCUT2D eigenvalue weighted by Gasteiger charge is 2.20. The average Bonchev–Trinajstić information content (AvgIpc) is 2.42. The zero-order valence-corrected chi connectivity index (χ0v) is 11.6. The first kappa shape index (κ1) is 14.5. The van der Waals surface area contributed by atoms with Crippen molar-refractivity contribution in [1.29, 1.82) is 0 Å². The summed E-state index contributed by atoms with van der Waals surface area (Å²) in [5.41, 5.74) is 1.53. The Labute approximate surface area is 121 Å². The first-order valence-electron chi connectivity index (χ1n) is 6.24. The van der Waals surface area contributed by atoms with E-state index in [1.54, 1.807) is 32.0 Å². The number of carbonyl (C=O) groups excluding carboxylic acids is 1. The number of aromatic hydroxyl groups is 1. The van der Waals surface area contributed by atoms with E-state index in [1.165, 1.54) is 18.2 Å². The Kier molecular flexibility index (Phi) is 3.89. The van der Waals surface area contributed by atoms with Crippen LogP contribution in [0.1, 0.15) is 21.5 Å². The average molecular weight is 286 g/mol. The number of hydrogen-bond acceptors (Lipinski definition) is 4. The molecule has 0 bridgehead atoms.